The summed E-state index contributed by atoms with van der Waals surface area (Å²) in [5, 5.41) is 0. The van der Waals surface area contributed by atoms with Crippen molar-refractivity contribution in [2.45, 2.75) is 19.8 Å². The van der Waals surface area contributed by atoms with Gasteiger partial charge in [-0.15, -0.1) is 11.6 Å². The Morgan fingerprint density at radius 1 is 1.64 bits per heavy atom. The summed E-state index contributed by atoms with van der Waals surface area (Å²) in [6.07, 6.45) is 2.81. The van der Waals surface area contributed by atoms with Gasteiger partial charge >= 0.3 is 0 Å². The second-order valence-corrected chi connectivity index (χ2v) is 5.45. The summed E-state index contributed by atoms with van der Waals surface area (Å²) in [5.41, 5.74) is 0.574. The third kappa shape index (κ3) is 1.21. The fourth-order valence-electron chi connectivity index (χ4n) is 2.36. The molecule has 1 saturated carbocycles. The zero-order chi connectivity index (χ0) is 7.90. The van der Waals surface area contributed by atoms with Gasteiger partial charge in [-0.1, -0.05) is 6.92 Å². The van der Waals surface area contributed by atoms with E-state index in [1.807, 2.05) is 0 Å². The topological polar surface area (TPSA) is 0 Å². The van der Waals surface area contributed by atoms with Gasteiger partial charge in [-0.3, -0.25) is 0 Å². The third-order valence-electron chi connectivity index (χ3n) is 3.50. The minimum atomic E-state index is 0.574. The van der Waals surface area contributed by atoms with Crippen LogP contribution in [0.4, 0.5) is 0 Å². The Hall–Kier alpha value is 0.640. The average molecular weight is 191 g/mol. The number of alkyl halides is 1. The first-order valence-corrected chi connectivity index (χ1v) is 6.12. The highest BCUT2D eigenvalue weighted by Gasteiger charge is 2.55. The van der Waals surface area contributed by atoms with E-state index in [1.165, 1.54) is 24.3 Å². The molecule has 2 aliphatic rings. The lowest BCUT2D eigenvalue weighted by atomic mass is 9.88. The lowest BCUT2D eigenvalue weighted by Crippen LogP contribution is -2.19. The standard InChI is InChI=1S/C9H15ClS/c1-7-4-9(7,6-10)8-2-3-11-5-8/h7-8H,2-6H2,1H3. The summed E-state index contributed by atoms with van der Waals surface area (Å²) < 4.78 is 0. The Morgan fingerprint density at radius 2 is 2.36 bits per heavy atom. The molecule has 64 valence electrons. The molecule has 1 heterocycles. The molecule has 0 aromatic heterocycles. The van der Waals surface area contributed by atoms with Gasteiger partial charge in [-0.2, -0.15) is 11.8 Å². The van der Waals surface area contributed by atoms with Crippen molar-refractivity contribution in [3.63, 3.8) is 0 Å². The molecule has 0 N–H and O–H groups in total. The van der Waals surface area contributed by atoms with E-state index in [4.69, 9.17) is 11.6 Å². The van der Waals surface area contributed by atoms with Gasteiger partial charge in [0.15, 0.2) is 0 Å². The minimum absolute atomic E-state index is 0.574. The van der Waals surface area contributed by atoms with Crippen LogP contribution in [0.5, 0.6) is 0 Å². The van der Waals surface area contributed by atoms with Crippen molar-refractivity contribution < 1.29 is 0 Å². The SMILES string of the molecule is CC1CC1(CCl)C1CCSC1. The molecule has 0 spiro atoms. The molecule has 3 atom stereocenters. The summed E-state index contributed by atoms with van der Waals surface area (Å²) in [6.45, 7) is 2.35. The molecule has 2 heteroatoms. The lowest BCUT2D eigenvalue weighted by molar-refractivity contribution is 0.351. The van der Waals surface area contributed by atoms with Crippen molar-refractivity contribution in [2.75, 3.05) is 17.4 Å². The van der Waals surface area contributed by atoms with Crippen LogP contribution in [0.2, 0.25) is 0 Å². The van der Waals surface area contributed by atoms with Crippen molar-refractivity contribution in [3.05, 3.63) is 0 Å². The van der Waals surface area contributed by atoms with Gasteiger partial charge in [0.1, 0.15) is 0 Å². The molecular weight excluding hydrogens is 176 g/mol. The van der Waals surface area contributed by atoms with Crippen LogP contribution in [0.1, 0.15) is 19.8 Å². The van der Waals surface area contributed by atoms with E-state index in [1.54, 1.807) is 0 Å². The second-order valence-electron chi connectivity index (χ2n) is 4.03. The molecule has 3 unspecified atom stereocenters. The monoisotopic (exact) mass is 190 g/mol. The molecule has 2 rings (SSSR count). The van der Waals surface area contributed by atoms with Crippen molar-refractivity contribution in [3.8, 4) is 0 Å². The lowest BCUT2D eigenvalue weighted by Gasteiger charge is -2.20. The molecule has 0 aromatic carbocycles. The van der Waals surface area contributed by atoms with Crippen molar-refractivity contribution >= 4 is 23.4 Å². The molecule has 11 heavy (non-hydrogen) atoms. The second kappa shape index (κ2) is 2.85. The average Bonchev–Trinajstić information content (AvgIpc) is 2.55. The van der Waals surface area contributed by atoms with Crippen LogP contribution in [0.3, 0.4) is 0 Å². The van der Waals surface area contributed by atoms with Crippen molar-refractivity contribution in [2.24, 2.45) is 17.3 Å². The predicted molar refractivity (Wildman–Crippen MR) is 52.4 cm³/mol. The largest absolute Gasteiger partial charge is 0.162 e. The number of hydrogen-bond donors (Lipinski definition) is 0. The molecular formula is C9H15ClS. The fraction of sp³-hybridized carbons (Fsp3) is 1.00. The van der Waals surface area contributed by atoms with Crippen LogP contribution in [0.25, 0.3) is 0 Å². The van der Waals surface area contributed by atoms with Gasteiger partial charge in [0.2, 0.25) is 0 Å². The van der Waals surface area contributed by atoms with Gasteiger partial charge in [-0.25, -0.2) is 0 Å². The zero-order valence-corrected chi connectivity index (χ0v) is 8.55. The Balaban J connectivity index is 2.01. The summed E-state index contributed by atoms with van der Waals surface area (Å²) in [7, 11) is 0. The molecule has 1 saturated heterocycles. The van der Waals surface area contributed by atoms with E-state index in [-0.39, 0.29) is 0 Å². The highest BCUT2D eigenvalue weighted by Crippen LogP contribution is 2.61. The van der Waals surface area contributed by atoms with Crippen molar-refractivity contribution in [1.29, 1.82) is 0 Å². The number of hydrogen-bond acceptors (Lipinski definition) is 1. The number of halogens is 1. The highest BCUT2D eigenvalue weighted by molar-refractivity contribution is 7.99. The Morgan fingerprint density at radius 3 is 2.73 bits per heavy atom. The Labute approximate surface area is 78.1 Å². The summed E-state index contributed by atoms with van der Waals surface area (Å²) in [6, 6.07) is 0. The Bertz CT molecular complexity index is 150. The van der Waals surface area contributed by atoms with Gasteiger partial charge in [0, 0.05) is 5.88 Å². The van der Waals surface area contributed by atoms with Gasteiger partial charge < -0.3 is 0 Å². The van der Waals surface area contributed by atoms with Crippen LogP contribution < -0.4 is 0 Å². The minimum Gasteiger partial charge on any atom is -0.162 e. The van der Waals surface area contributed by atoms with E-state index < -0.39 is 0 Å². The van der Waals surface area contributed by atoms with Gasteiger partial charge in [0.05, 0.1) is 0 Å². The first kappa shape index (κ1) is 8.25. The summed E-state index contributed by atoms with van der Waals surface area (Å²) in [4.78, 5) is 0. The fourth-order valence-corrected chi connectivity index (χ4v) is 4.36. The van der Waals surface area contributed by atoms with Gasteiger partial charge in [-0.05, 0) is 41.6 Å². The van der Waals surface area contributed by atoms with Crippen LogP contribution in [-0.4, -0.2) is 17.4 Å². The predicted octanol–water partition coefficient (Wildman–Crippen LogP) is 3.00. The van der Waals surface area contributed by atoms with E-state index in [2.05, 4.69) is 18.7 Å². The van der Waals surface area contributed by atoms with E-state index in [0.717, 1.165) is 17.7 Å². The van der Waals surface area contributed by atoms with Crippen LogP contribution in [-0.2, 0) is 0 Å². The molecule has 2 fully saturated rings. The van der Waals surface area contributed by atoms with E-state index in [0.29, 0.717) is 5.41 Å². The maximum absolute atomic E-state index is 6.02. The molecule has 0 nitrogen and oxygen atoms in total. The van der Waals surface area contributed by atoms with Crippen LogP contribution in [0, 0.1) is 17.3 Å². The highest BCUT2D eigenvalue weighted by atomic mass is 35.5. The van der Waals surface area contributed by atoms with E-state index >= 15 is 0 Å². The summed E-state index contributed by atoms with van der Waals surface area (Å²) in [5.74, 6) is 5.50. The smallest absolute Gasteiger partial charge is 0.0285 e. The number of thioether (sulfide) groups is 1. The third-order valence-corrected chi connectivity index (χ3v) is 5.16. The Kier molecular flexibility index (Phi) is 2.13. The molecule has 0 amide bonds. The zero-order valence-electron chi connectivity index (χ0n) is 6.98. The van der Waals surface area contributed by atoms with Gasteiger partial charge in [0.25, 0.3) is 0 Å². The maximum Gasteiger partial charge on any atom is 0.0285 e. The first-order valence-electron chi connectivity index (χ1n) is 4.43. The molecule has 1 aliphatic heterocycles. The maximum atomic E-state index is 6.02. The van der Waals surface area contributed by atoms with Crippen LogP contribution >= 0.6 is 23.4 Å². The molecule has 0 bridgehead atoms. The number of rotatable bonds is 2. The molecule has 1 aliphatic carbocycles. The van der Waals surface area contributed by atoms with E-state index in [9.17, 15) is 0 Å². The quantitative estimate of drug-likeness (QED) is 0.604. The van der Waals surface area contributed by atoms with Crippen LogP contribution in [0.15, 0.2) is 0 Å². The normalized spacial score (nSPS) is 49.6. The molecule has 0 radical (unpaired) electrons. The summed E-state index contributed by atoms with van der Waals surface area (Å²) >= 11 is 8.13. The first-order chi connectivity index (χ1) is 5.29. The van der Waals surface area contributed by atoms with Crippen molar-refractivity contribution in [1.82, 2.24) is 0 Å². The molecule has 0 aromatic rings.